The van der Waals surface area contributed by atoms with Crippen LogP contribution in [0.1, 0.15) is 438 Å². The Kier molecular flexibility index (Phi) is 70.0. The first kappa shape index (κ1) is 80.2. The molecule has 1 atom stereocenters. The highest BCUT2D eigenvalue weighted by molar-refractivity contribution is 5.71. The average Bonchev–Trinajstić information content (AvgIpc) is 3.48. The molecule has 0 rings (SSSR count). The normalized spacial score (nSPS) is 12.0. The highest BCUT2D eigenvalue weighted by atomic mass is 16.6. The molecule has 0 bridgehead atoms. The Labute approximate surface area is 513 Å². The number of esters is 3. The van der Waals surface area contributed by atoms with E-state index in [1.165, 1.54) is 340 Å². The van der Waals surface area contributed by atoms with Crippen LogP contribution in [0.5, 0.6) is 0 Å². The molecule has 1 unspecified atom stereocenters. The quantitative estimate of drug-likeness (QED) is 0.0261. The van der Waals surface area contributed by atoms with Crippen molar-refractivity contribution in [3.8, 4) is 0 Å². The summed E-state index contributed by atoms with van der Waals surface area (Å²) in [5.74, 6) is -0.835. The van der Waals surface area contributed by atoms with Crippen molar-refractivity contribution in [3.63, 3.8) is 0 Å². The molecule has 0 spiro atoms. The SMILES string of the molecule is CCCCCCCC/C=C\CCCCCCCCCCCC(=O)OC(COC(=O)CCCCCCCCCCCC)COC(=O)CCCCCCCCCCCCCCCCCCCCCCCCCCCCCCCCCCCCC. The van der Waals surface area contributed by atoms with Crippen molar-refractivity contribution >= 4 is 17.9 Å². The highest BCUT2D eigenvalue weighted by Gasteiger charge is 2.20. The van der Waals surface area contributed by atoms with Gasteiger partial charge in [-0.05, 0) is 44.9 Å². The standard InChI is InChI=1S/C76H146O6/c1-4-7-10-13-16-19-22-24-26-28-30-31-32-33-34-35-36-37-38-39-40-41-42-43-44-45-47-48-50-52-54-57-60-63-66-69-75(78)81-72-73(71-80-74(77)68-65-62-59-56-21-18-15-12-9-6-3)82-76(79)70-67-64-61-58-55-53-51-49-46-29-27-25-23-20-17-14-11-8-5-2/h25,27,73H,4-24,26,28-72H2,1-3H3/b27-25-. The Balaban J connectivity index is 3.99. The van der Waals surface area contributed by atoms with Gasteiger partial charge in [-0.3, -0.25) is 14.4 Å². The van der Waals surface area contributed by atoms with Gasteiger partial charge in [0.15, 0.2) is 6.10 Å². The largest absolute Gasteiger partial charge is 0.462 e. The van der Waals surface area contributed by atoms with Crippen LogP contribution in [-0.4, -0.2) is 37.2 Å². The van der Waals surface area contributed by atoms with Gasteiger partial charge in [0, 0.05) is 19.3 Å². The van der Waals surface area contributed by atoms with Crippen molar-refractivity contribution in [2.24, 2.45) is 0 Å². The number of rotatable bonds is 71. The van der Waals surface area contributed by atoms with Gasteiger partial charge in [0.1, 0.15) is 13.2 Å². The predicted octanol–water partition coefficient (Wildman–Crippen LogP) is 26.0. The van der Waals surface area contributed by atoms with Crippen LogP contribution in [0, 0.1) is 0 Å². The number of hydrogen-bond donors (Lipinski definition) is 0. The molecule has 0 N–H and O–H groups in total. The summed E-state index contributed by atoms with van der Waals surface area (Å²) >= 11 is 0. The lowest BCUT2D eigenvalue weighted by molar-refractivity contribution is -0.167. The van der Waals surface area contributed by atoms with Crippen LogP contribution in [0.4, 0.5) is 0 Å². The average molecular weight is 1160 g/mol. The highest BCUT2D eigenvalue weighted by Crippen LogP contribution is 2.20. The van der Waals surface area contributed by atoms with Crippen LogP contribution in [0.3, 0.4) is 0 Å². The third-order valence-electron chi connectivity index (χ3n) is 17.5. The second kappa shape index (κ2) is 71.6. The molecule has 0 heterocycles. The number of hydrogen-bond acceptors (Lipinski definition) is 6. The molecule has 0 saturated carbocycles. The Bertz CT molecular complexity index is 1280. The predicted molar refractivity (Wildman–Crippen MR) is 358 cm³/mol. The van der Waals surface area contributed by atoms with E-state index in [2.05, 4.69) is 32.9 Å². The van der Waals surface area contributed by atoms with Gasteiger partial charge in [0.05, 0.1) is 0 Å². The fourth-order valence-electron chi connectivity index (χ4n) is 11.9. The summed E-state index contributed by atoms with van der Waals surface area (Å²) in [6.07, 6.45) is 87.2. The molecule has 0 amide bonds. The lowest BCUT2D eigenvalue weighted by Gasteiger charge is -2.18. The fourth-order valence-corrected chi connectivity index (χ4v) is 11.9. The van der Waals surface area contributed by atoms with Gasteiger partial charge in [-0.2, -0.15) is 0 Å². The molecule has 486 valence electrons. The van der Waals surface area contributed by atoms with Crippen molar-refractivity contribution in [2.75, 3.05) is 13.2 Å². The number of ether oxygens (including phenoxy) is 3. The van der Waals surface area contributed by atoms with Gasteiger partial charge in [-0.15, -0.1) is 0 Å². The number of unbranched alkanes of at least 4 members (excludes halogenated alkanes) is 58. The molecule has 0 aromatic heterocycles. The van der Waals surface area contributed by atoms with Crippen molar-refractivity contribution in [2.45, 2.75) is 444 Å². The Morgan fingerprint density at radius 2 is 0.402 bits per heavy atom. The van der Waals surface area contributed by atoms with E-state index in [1.807, 2.05) is 0 Å². The summed E-state index contributed by atoms with van der Waals surface area (Å²) in [5, 5.41) is 0. The number of allylic oxidation sites excluding steroid dienone is 2. The van der Waals surface area contributed by atoms with E-state index in [1.54, 1.807) is 0 Å². The van der Waals surface area contributed by atoms with E-state index in [4.69, 9.17) is 14.2 Å². The lowest BCUT2D eigenvalue weighted by Crippen LogP contribution is -2.30. The van der Waals surface area contributed by atoms with Gasteiger partial charge >= 0.3 is 17.9 Å². The van der Waals surface area contributed by atoms with Crippen molar-refractivity contribution in [1.82, 2.24) is 0 Å². The van der Waals surface area contributed by atoms with Gasteiger partial charge in [-0.1, -0.05) is 386 Å². The molecule has 82 heavy (non-hydrogen) atoms. The summed E-state index contributed by atoms with van der Waals surface area (Å²) in [5.41, 5.74) is 0. The molecule has 0 fully saturated rings. The van der Waals surface area contributed by atoms with Crippen molar-refractivity contribution in [3.05, 3.63) is 12.2 Å². The molecule has 0 aliphatic carbocycles. The molecule has 0 aliphatic rings. The molecular weight excluding hydrogens is 1010 g/mol. The van der Waals surface area contributed by atoms with E-state index < -0.39 is 6.10 Å². The summed E-state index contributed by atoms with van der Waals surface area (Å²) in [7, 11) is 0. The zero-order valence-electron chi connectivity index (χ0n) is 56.1. The van der Waals surface area contributed by atoms with Crippen LogP contribution in [-0.2, 0) is 28.6 Å². The van der Waals surface area contributed by atoms with Crippen molar-refractivity contribution < 1.29 is 28.6 Å². The van der Waals surface area contributed by atoms with E-state index >= 15 is 0 Å². The molecule has 6 nitrogen and oxygen atoms in total. The second-order valence-corrected chi connectivity index (χ2v) is 25.9. The van der Waals surface area contributed by atoms with Crippen LogP contribution in [0.25, 0.3) is 0 Å². The molecule has 0 saturated heterocycles. The van der Waals surface area contributed by atoms with Crippen molar-refractivity contribution in [1.29, 1.82) is 0 Å². The molecule has 0 aromatic carbocycles. The van der Waals surface area contributed by atoms with E-state index in [-0.39, 0.29) is 31.1 Å². The summed E-state index contributed by atoms with van der Waals surface area (Å²) in [6.45, 7) is 6.71. The minimum atomic E-state index is -0.767. The third kappa shape index (κ3) is 68.9. The molecule has 6 heteroatoms. The van der Waals surface area contributed by atoms with E-state index in [0.29, 0.717) is 19.3 Å². The summed E-state index contributed by atoms with van der Waals surface area (Å²) in [6, 6.07) is 0. The summed E-state index contributed by atoms with van der Waals surface area (Å²) in [4.78, 5) is 38.3. The Hall–Kier alpha value is -1.85. The third-order valence-corrected chi connectivity index (χ3v) is 17.5. The Morgan fingerprint density at radius 3 is 0.610 bits per heavy atom. The minimum absolute atomic E-state index is 0.0642. The monoisotopic (exact) mass is 1160 g/mol. The molecule has 0 aromatic rings. The second-order valence-electron chi connectivity index (χ2n) is 25.9. The molecular formula is C76H146O6. The van der Waals surface area contributed by atoms with Gasteiger partial charge < -0.3 is 14.2 Å². The topological polar surface area (TPSA) is 78.9 Å². The molecule has 0 aliphatic heterocycles. The van der Waals surface area contributed by atoms with E-state index in [9.17, 15) is 14.4 Å². The van der Waals surface area contributed by atoms with E-state index in [0.717, 1.165) is 57.8 Å². The van der Waals surface area contributed by atoms with Gasteiger partial charge in [-0.25, -0.2) is 0 Å². The first-order chi connectivity index (χ1) is 40.5. The fraction of sp³-hybridized carbons (Fsp3) is 0.934. The van der Waals surface area contributed by atoms with Gasteiger partial charge in [0.25, 0.3) is 0 Å². The first-order valence-electron chi connectivity index (χ1n) is 37.7. The molecule has 0 radical (unpaired) electrons. The summed E-state index contributed by atoms with van der Waals surface area (Å²) < 4.78 is 17.0. The smallest absolute Gasteiger partial charge is 0.306 e. The minimum Gasteiger partial charge on any atom is -0.462 e. The van der Waals surface area contributed by atoms with Crippen LogP contribution in [0.2, 0.25) is 0 Å². The zero-order chi connectivity index (χ0) is 59.2. The van der Waals surface area contributed by atoms with Crippen LogP contribution >= 0.6 is 0 Å². The lowest BCUT2D eigenvalue weighted by atomic mass is 10.0. The maximum absolute atomic E-state index is 12.9. The van der Waals surface area contributed by atoms with Crippen LogP contribution < -0.4 is 0 Å². The maximum atomic E-state index is 12.9. The van der Waals surface area contributed by atoms with Crippen LogP contribution in [0.15, 0.2) is 12.2 Å². The first-order valence-corrected chi connectivity index (χ1v) is 37.7. The zero-order valence-corrected chi connectivity index (χ0v) is 56.1. The maximum Gasteiger partial charge on any atom is 0.306 e. The number of carbonyl (C=O) groups is 3. The Morgan fingerprint density at radius 1 is 0.232 bits per heavy atom. The number of carbonyl (C=O) groups excluding carboxylic acids is 3. The van der Waals surface area contributed by atoms with Gasteiger partial charge in [0.2, 0.25) is 0 Å².